The molecule has 0 aliphatic rings. The van der Waals surface area contributed by atoms with Crippen LogP contribution in [0.25, 0.3) is 0 Å². The predicted molar refractivity (Wildman–Crippen MR) is 49.8 cm³/mol. The quantitative estimate of drug-likeness (QED) is 0.567. The Morgan fingerprint density at radius 1 is 0.500 bits per heavy atom. The molecular formula is H10AlCl5OZr. The minimum atomic E-state index is 0. The summed E-state index contributed by atoms with van der Waals surface area (Å²) in [6, 6.07) is 0. The molecule has 0 spiro atoms. The molecule has 2 N–H and O–H groups in total. The largest absolute Gasteiger partial charge is 0.412 e. The van der Waals surface area contributed by atoms with Crippen molar-refractivity contribution in [1.82, 2.24) is 0 Å². The molecule has 58 valence electrons. The van der Waals surface area contributed by atoms with Gasteiger partial charge in [-0.3, -0.25) is 0 Å². The third kappa shape index (κ3) is 67.7. The van der Waals surface area contributed by atoms with Crippen molar-refractivity contribution in [2.24, 2.45) is 0 Å². The Balaban J connectivity index is 0. The second-order valence-corrected chi connectivity index (χ2v) is 0. The molecule has 0 heterocycles. The van der Waals surface area contributed by atoms with E-state index in [2.05, 4.69) is 0 Å². The number of rotatable bonds is 0. The SMILES string of the molecule is Cl.Cl.Cl.Cl.Cl.O.[AlH3].[Zr]. The van der Waals surface area contributed by atoms with Crippen molar-refractivity contribution in [1.29, 1.82) is 0 Å². The van der Waals surface area contributed by atoms with Crippen LogP contribution in [0, 0.1) is 0 Å². The van der Waals surface area contributed by atoms with E-state index in [-0.39, 0.29) is 111 Å². The van der Waals surface area contributed by atoms with Gasteiger partial charge in [-0.1, -0.05) is 0 Å². The van der Waals surface area contributed by atoms with Gasteiger partial charge in [-0.2, -0.15) is 0 Å². The van der Waals surface area contributed by atoms with Crippen LogP contribution in [0.5, 0.6) is 0 Å². The van der Waals surface area contributed by atoms with Crippen molar-refractivity contribution in [3.63, 3.8) is 0 Å². The van der Waals surface area contributed by atoms with E-state index in [1.807, 2.05) is 0 Å². The summed E-state index contributed by atoms with van der Waals surface area (Å²) >= 11 is 0. The molecule has 0 aliphatic carbocycles. The van der Waals surface area contributed by atoms with Crippen LogP contribution in [0.2, 0.25) is 0 Å². The number of halogens is 5. The van der Waals surface area contributed by atoms with Crippen LogP contribution in [-0.4, -0.2) is 22.8 Å². The van der Waals surface area contributed by atoms with Gasteiger partial charge in [0.05, 0.1) is 0 Å². The maximum absolute atomic E-state index is 0. The van der Waals surface area contributed by atoms with Crippen LogP contribution in [0.3, 0.4) is 0 Å². The second kappa shape index (κ2) is 95.9. The minimum absolute atomic E-state index is 0. The van der Waals surface area contributed by atoms with E-state index in [0.29, 0.717) is 0 Å². The molecule has 0 aromatic carbocycles. The van der Waals surface area contributed by atoms with Gasteiger partial charge in [0.25, 0.3) is 0 Å². The van der Waals surface area contributed by atoms with Gasteiger partial charge in [0.1, 0.15) is 0 Å². The van der Waals surface area contributed by atoms with Crippen LogP contribution < -0.4 is 0 Å². The molecule has 0 unspecified atom stereocenters. The summed E-state index contributed by atoms with van der Waals surface area (Å²) in [5.74, 6) is 0. The van der Waals surface area contributed by atoms with Gasteiger partial charge in [0.2, 0.25) is 0 Å². The van der Waals surface area contributed by atoms with Gasteiger partial charge >= 0.3 is 0 Å². The molecule has 0 aliphatic heterocycles. The molecule has 0 rings (SSSR count). The maximum atomic E-state index is 0. The first-order chi connectivity index (χ1) is 0. The second-order valence-electron chi connectivity index (χ2n) is 0. The molecule has 0 aromatic heterocycles. The van der Waals surface area contributed by atoms with E-state index in [9.17, 15) is 0 Å². The third-order valence-corrected chi connectivity index (χ3v) is 0. The van der Waals surface area contributed by atoms with Gasteiger partial charge in [0.15, 0.2) is 17.4 Å². The average molecular weight is 322 g/mol. The Bertz CT molecular complexity index is 12.4. The molecule has 1 nitrogen and oxygen atoms in total. The predicted octanol–water partition coefficient (Wildman–Crippen LogP) is 0.0979. The van der Waals surface area contributed by atoms with E-state index in [1.54, 1.807) is 0 Å². The number of hydrogen-bond acceptors (Lipinski definition) is 0. The Kier molecular flexibility index (Phi) is 1570. The van der Waals surface area contributed by atoms with Crippen molar-refractivity contribution in [3.05, 3.63) is 0 Å². The van der Waals surface area contributed by atoms with Crippen molar-refractivity contribution >= 4 is 79.4 Å². The molecule has 8 heteroatoms. The van der Waals surface area contributed by atoms with Gasteiger partial charge < -0.3 is 5.48 Å². The molecule has 0 radical (unpaired) electrons. The molecule has 8 heavy (non-hydrogen) atoms. The van der Waals surface area contributed by atoms with Gasteiger partial charge in [-0.05, 0) is 0 Å². The van der Waals surface area contributed by atoms with Crippen molar-refractivity contribution in [2.75, 3.05) is 0 Å². The zero-order chi connectivity index (χ0) is 0. The Hall–Kier alpha value is 2.83. The van der Waals surface area contributed by atoms with Crippen LogP contribution >= 0.6 is 62.0 Å². The zero-order valence-corrected chi connectivity index (χ0v) is 9.58. The first kappa shape index (κ1) is 131. The molecule has 0 amide bonds. The summed E-state index contributed by atoms with van der Waals surface area (Å²) in [5.41, 5.74) is 0. The summed E-state index contributed by atoms with van der Waals surface area (Å²) in [4.78, 5) is 0. The molecule has 0 bridgehead atoms. The summed E-state index contributed by atoms with van der Waals surface area (Å²) < 4.78 is 0. The molecule has 0 atom stereocenters. The maximum Gasteiger partial charge on any atom is 0.187 e. The average Bonchev–Trinajstić information content (AvgIpc) is 0. The van der Waals surface area contributed by atoms with Gasteiger partial charge in [0, 0.05) is 26.2 Å². The summed E-state index contributed by atoms with van der Waals surface area (Å²) in [6.45, 7) is 0. The van der Waals surface area contributed by atoms with E-state index in [1.165, 1.54) is 0 Å². The molecular weight excluding hydrogens is 311 g/mol. The third-order valence-electron chi connectivity index (χ3n) is 0. The van der Waals surface area contributed by atoms with E-state index >= 15 is 0 Å². The van der Waals surface area contributed by atoms with Crippen LogP contribution in [0.4, 0.5) is 0 Å². The van der Waals surface area contributed by atoms with Crippen molar-refractivity contribution in [2.45, 2.75) is 0 Å². The summed E-state index contributed by atoms with van der Waals surface area (Å²) in [7, 11) is 0. The summed E-state index contributed by atoms with van der Waals surface area (Å²) in [5, 5.41) is 0. The topological polar surface area (TPSA) is 31.5 Å². The summed E-state index contributed by atoms with van der Waals surface area (Å²) in [6.07, 6.45) is 0. The van der Waals surface area contributed by atoms with Crippen LogP contribution in [0.1, 0.15) is 0 Å². The fraction of sp³-hybridized carbons (Fsp3) is 0. The standard InChI is InChI=1S/Al.5ClH.H2O.Zr.3H/h;5*1H;1H2;;;;. The molecule has 0 fully saturated rings. The Morgan fingerprint density at radius 3 is 0.500 bits per heavy atom. The van der Waals surface area contributed by atoms with E-state index in [4.69, 9.17) is 0 Å². The minimum Gasteiger partial charge on any atom is -0.412 e. The number of hydrogen-bond donors (Lipinski definition) is 0. The molecule has 0 aromatic rings. The van der Waals surface area contributed by atoms with E-state index < -0.39 is 0 Å². The monoisotopic (exact) mass is 318 g/mol. The van der Waals surface area contributed by atoms with Crippen LogP contribution in [0.15, 0.2) is 0 Å². The fourth-order valence-corrected chi connectivity index (χ4v) is 0. The Labute approximate surface area is 110 Å². The van der Waals surface area contributed by atoms with Gasteiger partial charge in [-0.25, -0.2) is 0 Å². The van der Waals surface area contributed by atoms with Gasteiger partial charge in [-0.15, -0.1) is 62.0 Å². The van der Waals surface area contributed by atoms with Crippen molar-refractivity contribution < 1.29 is 31.7 Å². The van der Waals surface area contributed by atoms with Crippen LogP contribution in [-0.2, 0) is 26.2 Å². The Morgan fingerprint density at radius 2 is 0.500 bits per heavy atom. The first-order valence-electron chi connectivity index (χ1n) is 0. The van der Waals surface area contributed by atoms with E-state index in [0.717, 1.165) is 0 Å². The fourth-order valence-electron chi connectivity index (χ4n) is 0. The first-order valence-corrected chi connectivity index (χ1v) is 0. The normalized spacial score (nSPS) is 0. The smallest absolute Gasteiger partial charge is 0.187 e. The molecule has 0 saturated carbocycles. The zero-order valence-electron chi connectivity index (χ0n) is 3.04. The van der Waals surface area contributed by atoms with Crippen molar-refractivity contribution in [3.8, 4) is 0 Å². The molecule has 0 saturated heterocycles.